The Bertz CT molecular complexity index is 1570. The summed E-state index contributed by atoms with van der Waals surface area (Å²) in [7, 11) is 0. The molecule has 6 aromatic rings. The van der Waals surface area contributed by atoms with E-state index in [-0.39, 0.29) is 0 Å². The zero-order valence-electron chi connectivity index (χ0n) is 18.1. The highest BCUT2D eigenvalue weighted by Gasteiger charge is 2.17. The fourth-order valence-electron chi connectivity index (χ4n) is 3.92. The molecule has 0 radical (unpaired) electrons. The highest BCUT2D eigenvalue weighted by molar-refractivity contribution is 5.94. The molecule has 3 aromatic heterocycles. The number of fused-ring (bicyclic) bond motifs is 1. The van der Waals surface area contributed by atoms with Crippen molar-refractivity contribution in [3.63, 3.8) is 0 Å². The summed E-state index contributed by atoms with van der Waals surface area (Å²) >= 11 is 0. The third-order valence-electron chi connectivity index (χ3n) is 5.57. The van der Waals surface area contributed by atoms with Crippen LogP contribution in [-0.4, -0.2) is 24.5 Å². The maximum absolute atomic E-state index is 6.28. The van der Waals surface area contributed by atoms with Crippen molar-refractivity contribution in [3.05, 3.63) is 110 Å². The number of aromatic nitrogens is 5. The maximum atomic E-state index is 6.28. The maximum Gasteiger partial charge on any atom is 0.180 e. The molecule has 0 aliphatic heterocycles. The number of ether oxygens (including phenoxy) is 1. The normalized spacial score (nSPS) is 11.1. The Kier molecular flexibility index (Phi) is 4.77. The van der Waals surface area contributed by atoms with Crippen molar-refractivity contribution < 1.29 is 4.74 Å². The predicted octanol–water partition coefficient (Wildman–Crippen LogP) is 5.65. The lowest BCUT2D eigenvalue weighted by molar-refractivity contribution is 0.482. The summed E-state index contributed by atoms with van der Waals surface area (Å²) in [6.07, 6.45) is 5.51. The van der Waals surface area contributed by atoms with Gasteiger partial charge in [0, 0.05) is 23.3 Å². The summed E-state index contributed by atoms with van der Waals surface area (Å²) in [5.41, 5.74) is 9.98. The molecule has 164 valence electrons. The van der Waals surface area contributed by atoms with Gasteiger partial charge in [0.1, 0.15) is 17.0 Å². The average Bonchev–Trinajstić information content (AvgIpc) is 3.51. The quantitative estimate of drug-likeness (QED) is 0.372. The second kappa shape index (κ2) is 8.22. The second-order valence-corrected chi connectivity index (χ2v) is 7.78. The number of para-hydroxylation sites is 1. The van der Waals surface area contributed by atoms with E-state index in [2.05, 4.69) is 27.3 Å². The molecule has 6 rings (SSSR count). The molecule has 0 saturated carbocycles. The van der Waals surface area contributed by atoms with Gasteiger partial charge >= 0.3 is 0 Å². The second-order valence-electron chi connectivity index (χ2n) is 7.78. The molecule has 0 unspecified atom stereocenters. The van der Waals surface area contributed by atoms with Crippen molar-refractivity contribution in [2.75, 3.05) is 5.73 Å². The van der Waals surface area contributed by atoms with Crippen LogP contribution in [0.3, 0.4) is 0 Å². The van der Waals surface area contributed by atoms with Gasteiger partial charge in [-0.05, 0) is 48.0 Å². The lowest BCUT2D eigenvalue weighted by Gasteiger charge is -2.09. The average molecular weight is 444 g/mol. The van der Waals surface area contributed by atoms with Gasteiger partial charge in [-0.3, -0.25) is 0 Å². The summed E-state index contributed by atoms with van der Waals surface area (Å²) in [6, 6.07) is 29.4. The molecule has 7 heteroatoms. The van der Waals surface area contributed by atoms with Gasteiger partial charge in [-0.2, -0.15) is 5.10 Å². The zero-order chi connectivity index (χ0) is 22.9. The van der Waals surface area contributed by atoms with E-state index in [1.807, 2.05) is 91.3 Å². The first kappa shape index (κ1) is 19.8. The van der Waals surface area contributed by atoms with Gasteiger partial charge in [-0.15, -0.1) is 5.10 Å². The van der Waals surface area contributed by atoms with Crippen LogP contribution in [0.25, 0.3) is 33.5 Å². The minimum Gasteiger partial charge on any atom is -0.457 e. The molecule has 0 atom stereocenters. The Labute approximate surface area is 195 Å². The summed E-state index contributed by atoms with van der Waals surface area (Å²) in [5.74, 6) is 2.59. The number of pyridine rings is 1. The number of benzene rings is 3. The number of nitrogens with zero attached hydrogens (tertiary/aromatic N) is 5. The minimum atomic E-state index is 0.429. The van der Waals surface area contributed by atoms with E-state index in [0.29, 0.717) is 11.6 Å². The van der Waals surface area contributed by atoms with Crippen LogP contribution in [0.15, 0.2) is 110 Å². The van der Waals surface area contributed by atoms with Crippen molar-refractivity contribution in [2.24, 2.45) is 0 Å². The third-order valence-corrected chi connectivity index (χ3v) is 5.57. The smallest absolute Gasteiger partial charge is 0.180 e. The van der Waals surface area contributed by atoms with Gasteiger partial charge in [0.2, 0.25) is 0 Å². The van der Waals surface area contributed by atoms with E-state index in [4.69, 9.17) is 10.5 Å². The van der Waals surface area contributed by atoms with Gasteiger partial charge in [-0.1, -0.05) is 48.5 Å². The van der Waals surface area contributed by atoms with E-state index >= 15 is 0 Å². The first-order chi connectivity index (χ1) is 16.8. The third kappa shape index (κ3) is 3.55. The molecular weight excluding hydrogens is 424 g/mol. The Morgan fingerprint density at radius 2 is 1.44 bits per heavy atom. The topological polar surface area (TPSA) is 83.8 Å². The predicted molar refractivity (Wildman–Crippen MR) is 132 cm³/mol. The Morgan fingerprint density at radius 3 is 2.21 bits per heavy atom. The highest BCUT2D eigenvalue weighted by Crippen LogP contribution is 2.30. The number of rotatable bonds is 5. The largest absolute Gasteiger partial charge is 0.457 e. The molecule has 3 heterocycles. The standard InChI is InChI=1S/C27H20N6O/c28-26-24-15-16-29-27(32-18-20(17-30-32)19-7-3-1-4-8-19)25(24)33(31-26)21-11-13-23(14-12-21)34-22-9-5-2-6-10-22/h1-18H,(H2,28,31). The molecular formula is C27H20N6O. The van der Waals surface area contributed by atoms with Gasteiger partial charge in [0.05, 0.1) is 11.9 Å². The van der Waals surface area contributed by atoms with Crippen LogP contribution in [0.2, 0.25) is 0 Å². The summed E-state index contributed by atoms with van der Waals surface area (Å²) in [5, 5.41) is 9.98. The molecule has 0 aliphatic rings. The van der Waals surface area contributed by atoms with Crippen LogP contribution >= 0.6 is 0 Å². The number of hydrogen-bond acceptors (Lipinski definition) is 5. The van der Waals surface area contributed by atoms with Crippen molar-refractivity contribution in [1.29, 1.82) is 0 Å². The van der Waals surface area contributed by atoms with Crippen molar-refractivity contribution in [2.45, 2.75) is 0 Å². The van der Waals surface area contributed by atoms with Crippen molar-refractivity contribution >= 4 is 16.7 Å². The zero-order valence-corrected chi connectivity index (χ0v) is 18.1. The first-order valence-electron chi connectivity index (χ1n) is 10.8. The number of anilines is 1. The van der Waals surface area contributed by atoms with E-state index < -0.39 is 0 Å². The number of nitrogen functional groups attached to an aromatic ring is 1. The van der Waals surface area contributed by atoms with Gasteiger partial charge in [0.15, 0.2) is 11.6 Å². The minimum absolute atomic E-state index is 0.429. The van der Waals surface area contributed by atoms with Crippen molar-refractivity contribution in [1.82, 2.24) is 24.5 Å². The molecule has 0 spiro atoms. The van der Waals surface area contributed by atoms with Gasteiger partial charge in [-0.25, -0.2) is 14.3 Å². The molecule has 34 heavy (non-hydrogen) atoms. The molecule has 0 saturated heterocycles. The Balaban J connectivity index is 1.41. The Morgan fingerprint density at radius 1 is 0.735 bits per heavy atom. The van der Waals surface area contributed by atoms with E-state index in [1.54, 1.807) is 15.6 Å². The molecule has 3 aromatic carbocycles. The van der Waals surface area contributed by atoms with Gasteiger partial charge in [0.25, 0.3) is 0 Å². The highest BCUT2D eigenvalue weighted by atomic mass is 16.5. The lowest BCUT2D eigenvalue weighted by Crippen LogP contribution is -2.04. The van der Waals surface area contributed by atoms with Crippen LogP contribution in [0.4, 0.5) is 5.82 Å². The summed E-state index contributed by atoms with van der Waals surface area (Å²) in [6.45, 7) is 0. The summed E-state index contributed by atoms with van der Waals surface area (Å²) < 4.78 is 9.47. The van der Waals surface area contributed by atoms with E-state index in [1.165, 1.54) is 0 Å². The molecule has 0 bridgehead atoms. The monoisotopic (exact) mass is 444 g/mol. The number of nitrogens with two attached hydrogens (primary N) is 1. The number of hydrogen-bond donors (Lipinski definition) is 1. The van der Waals surface area contributed by atoms with Gasteiger partial charge < -0.3 is 10.5 Å². The van der Waals surface area contributed by atoms with E-state index in [9.17, 15) is 0 Å². The van der Waals surface area contributed by atoms with Crippen LogP contribution in [0.5, 0.6) is 11.5 Å². The van der Waals surface area contributed by atoms with E-state index in [0.717, 1.165) is 39.2 Å². The van der Waals surface area contributed by atoms with Crippen LogP contribution in [0, 0.1) is 0 Å². The SMILES string of the molecule is Nc1nn(-c2ccc(Oc3ccccc3)cc2)c2c(-n3cc(-c4ccccc4)cn3)nccc12. The molecule has 0 aliphatic carbocycles. The lowest BCUT2D eigenvalue weighted by atomic mass is 10.1. The summed E-state index contributed by atoms with van der Waals surface area (Å²) in [4.78, 5) is 4.62. The van der Waals surface area contributed by atoms with Crippen molar-refractivity contribution in [3.8, 4) is 34.1 Å². The fraction of sp³-hybridized carbons (Fsp3) is 0. The fourth-order valence-corrected chi connectivity index (χ4v) is 3.92. The van der Waals surface area contributed by atoms with Crippen LogP contribution < -0.4 is 10.5 Å². The first-order valence-corrected chi connectivity index (χ1v) is 10.8. The molecule has 0 fully saturated rings. The molecule has 7 nitrogen and oxygen atoms in total. The Hall–Kier alpha value is -4.91. The molecule has 2 N–H and O–H groups in total. The molecule has 0 amide bonds. The van der Waals surface area contributed by atoms with Crippen LogP contribution in [-0.2, 0) is 0 Å². The van der Waals surface area contributed by atoms with Crippen LogP contribution in [0.1, 0.15) is 0 Å².